The van der Waals surface area contributed by atoms with E-state index in [0.717, 1.165) is 51.5 Å². The first-order chi connectivity index (χ1) is 13.8. The Balaban J connectivity index is 0.00000240. The maximum atomic E-state index is 4.80. The van der Waals surface area contributed by atoms with E-state index in [2.05, 4.69) is 61.1 Å². The standard InChI is InChI=1S/C21H30N6S.HI/c1-22-20(24-17-10-14-27(15-17)19-7-3-2-4-8-19)23-11-9-18-16-28-21(25-18)26-12-5-6-13-26;/h2-4,7-8,16-17H,5-6,9-15H2,1H3,(H2,22,23,24);1H. The summed E-state index contributed by atoms with van der Waals surface area (Å²) in [5.41, 5.74) is 2.47. The van der Waals surface area contributed by atoms with Crippen molar-refractivity contribution >= 4 is 52.1 Å². The Kier molecular flexibility index (Phi) is 8.40. The summed E-state index contributed by atoms with van der Waals surface area (Å²) in [6.07, 6.45) is 4.63. The van der Waals surface area contributed by atoms with Crippen molar-refractivity contribution in [3.8, 4) is 0 Å². The van der Waals surface area contributed by atoms with Gasteiger partial charge in [-0.05, 0) is 31.4 Å². The van der Waals surface area contributed by atoms with Gasteiger partial charge in [-0.3, -0.25) is 4.99 Å². The second-order valence-corrected chi connectivity index (χ2v) is 8.31. The number of nitrogens with one attached hydrogen (secondary N) is 2. The molecule has 158 valence electrons. The SMILES string of the molecule is CN=C(NCCc1csc(N2CCCC2)n1)NC1CCN(c2ccccc2)C1.I. The van der Waals surface area contributed by atoms with E-state index in [0.29, 0.717) is 6.04 Å². The van der Waals surface area contributed by atoms with Crippen LogP contribution in [0.1, 0.15) is 25.0 Å². The predicted octanol–water partition coefficient (Wildman–Crippen LogP) is 3.35. The fourth-order valence-corrected chi connectivity index (χ4v) is 4.83. The van der Waals surface area contributed by atoms with Crippen LogP contribution in [0.15, 0.2) is 40.7 Å². The van der Waals surface area contributed by atoms with Gasteiger partial charge in [-0.15, -0.1) is 35.3 Å². The highest BCUT2D eigenvalue weighted by Crippen LogP contribution is 2.24. The first-order valence-corrected chi connectivity index (χ1v) is 11.2. The molecule has 0 amide bonds. The van der Waals surface area contributed by atoms with Gasteiger partial charge in [0, 0.05) is 63.3 Å². The lowest BCUT2D eigenvalue weighted by Crippen LogP contribution is -2.45. The van der Waals surface area contributed by atoms with Gasteiger partial charge in [0.15, 0.2) is 11.1 Å². The highest BCUT2D eigenvalue weighted by molar-refractivity contribution is 14.0. The zero-order valence-electron chi connectivity index (χ0n) is 17.0. The average Bonchev–Trinajstić information content (AvgIpc) is 3.49. The van der Waals surface area contributed by atoms with Crippen LogP contribution in [0, 0.1) is 0 Å². The Labute approximate surface area is 194 Å². The van der Waals surface area contributed by atoms with Crippen molar-refractivity contribution in [1.82, 2.24) is 15.6 Å². The Hall–Kier alpha value is -1.55. The number of aromatic nitrogens is 1. The van der Waals surface area contributed by atoms with E-state index in [1.807, 2.05) is 7.05 Å². The molecule has 2 aliphatic rings. The first kappa shape index (κ1) is 22.1. The van der Waals surface area contributed by atoms with Crippen molar-refractivity contribution in [3.05, 3.63) is 41.4 Å². The maximum absolute atomic E-state index is 4.80. The Morgan fingerprint density at radius 1 is 1.17 bits per heavy atom. The average molecular weight is 526 g/mol. The molecular formula is C21H31IN6S. The molecule has 2 fully saturated rings. The highest BCUT2D eigenvalue weighted by Gasteiger charge is 2.23. The third kappa shape index (κ3) is 5.97. The van der Waals surface area contributed by atoms with Crippen LogP contribution in [-0.2, 0) is 6.42 Å². The quantitative estimate of drug-likeness (QED) is 0.344. The van der Waals surface area contributed by atoms with Crippen LogP contribution in [0.3, 0.4) is 0 Å². The fourth-order valence-electron chi connectivity index (χ4n) is 3.91. The molecule has 29 heavy (non-hydrogen) atoms. The van der Waals surface area contributed by atoms with Gasteiger partial charge >= 0.3 is 0 Å². The topological polar surface area (TPSA) is 55.8 Å². The summed E-state index contributed by atoms with van der Waals surface area (Å²) in [5, 5.41) is 10.4. The largest absolute Gasteiger partial charge is 0.369 e. The Morgan fingerprint density at radius 3 is 2.72 bits per heavy atom. The normalized spacial score (nSPS) is 19.3. The lowest BCUT2D eigenvalue weighted by Gasteiger charge is -2.20. The number of benzene rings is 1. The van der Waals surface area contributed by atoms with Crippen LogP contribution in [0.5, 0.6) is 0 Å². The molecule has 4 rings (SSSR count). The van der Waals surface area contributed by atoms with E-state index in [1.165, 1.54) is 29.4 Å². The Morgan fingerprint density at radius 2 is 1.97 bits per heavy atom. The van der Waals surface area contributed by atoms with Gasteiger partial charge in [0.05, 0.1) is 5.69 Å². The number of aliphatic imine (C=N–C) groups is 1. The molecule has 3 heterocycles. The summed E-state index contributed by atoms with van der Waals surface area (Å²) in [5.74, 6) is 0.884. The zero-order valence-corrected chi connectivity index (χ0v) is 20.2. The number of rotatable bonds is 6. The number of anilines is 2. The number of halogens is 1. The summed E-state index contributed by atoms with van der Waals surface area (Å²) in [7, 11) is 1.84. The van der Waals surface area contributed by atoms with Crippen molar-refractivity contribution in [2.75, 3.05) is 49.6 Å². The summed E-state index contributed by atoms with van der Waals surface area (Å²) >= 11 is 1.77. The highest BCUT2D eigenvalue weighted by atomic mass is 127. The van der Waals surface area contributed by atoms with Gasteiger partial charge in [-0.1, -0.05) is 18.2 Å². The number of thiazole rings is 1. The molecule has 0 spiro atoms. The minimum atomic E-state index is 0. The molecule has 0 aliphatic carbocycles. The van der Waals surface area contributed by atoms with E-state index < -0.39 is 0 Å². The third-order valence-corrected chi connectivity index (χ3v) is 6.41. The maximum Gasteiger partial charge on any atom is 0.191 e. The van der Waals surface area contributed by atoms with Crippen molar-refractivity contribution in [1.29, 1.82) is 0 Å². The monoisotopic (exact) mass is 526 g/mol. The number of hydrogen-bond donors (Lipinski definition) is 2. The summed E-state index contributed by atoms with van der Waals surface area (Å²) in [6, 6.07) is 11.1. The summed E-state index contributed by atoms with van der Waals surface area (Å²) in [4.78, 5) is 14.0. The molecular weight excluding hydrogens is 495 g/mol. The first-order valence-electron chi connectivity index (χ1n) is 10.3. The smallest absolute Gasteiger partial charge is 0.191 e. The molecule has 0 saturated carbocycles. The minimum Gasteiger partial charge on any atom is -0.369 e. The third-order valence-electron chi connectivity index (χ3n) is 5.46. The van der Waals surface area contributed by atoms with Gasteiger partial charge in [-0.25, -0.2) is 4.98 Å². The molecule has 1 aromatic carbocycles. The molecule has 2 aliphatic heterocycles. The van der Waals surface area contributed by atoms with Crippen LogP contribution >= 0.6 is 35.3 Å². The molecule has 2 saturated heterocycles. The van der Waals surface area contributed by atoms with Crippen LogP contribution in [-0.4, -0.2) is 56.8 Å². The molecule has 6 nitrogen and oxygen atoms in total. The van der Waals surface area contributed by atoms with Crippen molar-refractivity contribution in [3.63, 3.8) is 0 Å². The van der Waals surface area contributed by atoms with Crippen LogP contribution in [0.25, 0.3) is 0 Å². The molecule has 2 N–H and O–H groups in total. The van der Waals surface area contributed by atoms with Gasteiger partial charge in [-0.2, -0.15) is 0 Å². The molecule has 1 atom stereocenters. The minimum absolute atomic E-state index is 0. The lowest BCUT2D eigenvalue weighted by atomic mass is 10.2. The van der Waals surface area contributed by atoms with Crippen LogP contribution in [0.2, 0.25) is 0 Å². The van der Waals surface area contributed by atoms with Crippen LogP contribution < -0.4 is 20.4 Å². The van der Waals surface area contributed by atoms with E-state index >= 15 is 0 Å². The number of guanidine groups is 1. The molecule has 1 aromatic heterocycles. The van der Waals surface area contributed by atoms with Gasteiger partial charge in [0.1, 0.15) is 0 Å². The molecule has 8 heteroatoms. The Bertz CT molecular complexity index is 774. The fraction of sp³-hybridized carbons (Fsp3) is 0.524. The molecule has 0 bridgehead atoms. The number of hydrogen-bond acceptors (Lipinski definition) is 5. The van der Waals surface area contributed by atoms with Gasteiger partial charge in [0.2, 0.25) is 0 Å². The summed E-state index contributed by atoms with van der Waals surface area (Å²) < 4.78 is 0. The lowest BCUT2D eigenvalue weighted by molar-refractivity contribution is 0.648. The van der Waals surface area contributed by atoms with Gasteiger partial charge < -0.3 is 20.4 Å². The number of para-hydroxylation sites is 1. The van der Waals surface area contributed by atoms with Crippen molar-refractivity contribution in [2.45, 2.75) is 31.7 Å². The molecule has 2 aromatic rings. The second-order valence-electron chi connectivity index (χ2n) is 7.48. The van der Waals surface area contributed by atoms with Crippen LogP contribution in [0.4, 0.5) is 10.8 Å². The predicted molar refractivity (Wildman–Crippen MR) is 134 cm³/mol. The van der Waals surface area contributed by atoms with E-state index in [-0.39, 0.29) is 24.0 Å². The van der Waals surface area contributed by atoms with E-state index in [4.69, 9.17) is 4.98 Å². The zero-order chi connectivity index (χ0) is 19.2. The van der Waals surface area contributed by atoms with Gasteiger partial charge in [0.25, 0.3) is 0 Å². The van der Waals surface area contributed by atoms with E-state index in [1.54, 1.807) is 11.3 Å². The molecule has 0 radical (unpaired) electrons. The second kappa shape index (κ2) is 11.0. The number of nitrogens with zero attached hydrogens (tertiary/aromatic N) is 4. The molecule has 1 unspecified atom stereocenters. The van der Waals surface area contributed by atoms with Crippen molar-refractivity contribution in [2.24, 2.45) is 4.99 Å². The van der Waals surface area contributed by atoms with E-state index in [9.17, 15) is 0 Å². The van der Waals surface area contributed by atoms with Crippen molar-refractivity contribution < 1.29 is 0 Å². The summed E-state index contributed by atoms with van der Waals surface area (Å²) in [6.45, 7) is 5.25.